The van der Waals surface area contributed by atoms with Crippen LogP contribution in [0.1, 0.15) is 27.7 Å². The van der Waals surface area contributed by atoms with E-state index in [-0.39, 0.29) is 10.5 Å². The van der Waals surface area contributed by atoms with Gasteiger partial charge in [-0.3, -0.25) is 4.79 Å². The lowest BCUT2D eigenvalue weighted by atomic mass is 9.98. The zero-order valence-corrected chi connectivity index (χ0v) is 7.79. The maximum atomic E-state index is 10.4. The molecule has 0 aromatic carbocycles. The predicted octanol–water partition coefficient (Wildman–Crippen LogP) is 2.83. The molecule has 0 aliphatic heterocycles. The van der Waals surface area contributed by atoms with Crippen LogP contribution in [0.5, 0.6) is 0 Å². The van der Waals surface area contributed by atoms with E-state index in [1.54, 1.807) is 6.92 Å². The van der Waals surface area contributed by atoms with Gasteiger partial charge in [-0.25, -0.2) is 0 Å². The molecule has 0 atom stereocenters. The summed E-state index contributed by atoms with van der Waals surface area (Å²) in [4.78, 5) is 10.4. The van der Waals surface area contributed by atoms with E-state index >= 15 is 0 Å². The summed E-state index contributed by atoms with van der Waals surface area (Å²) in [5.41, 5.74) is 0.183. The van der Waals surface area contributed by atoms with Crippen molar-refractivity contribution in [3.63, 3.8) is 0 Å². The first-order chi connectivity index (χ1) is 4.42. The molecule has 10 heavy (non-hydrogen) atoms. The van der Waals surface area contributed by atoms with Crippen molar-refractivity contribution in [3.8, 4) is 0 Å². The minimum Gasteiger partial charge on any atom is -0.287 e. The fraction of sp³-hybridized carbons (Fsp3) is 0.625. The first-order valence-electron chi connectivity index (χ1n) is 3.27. The van der Waals surface area contributed by atoms with Crippen molar-refractivity contribution in [2.75, 3.05) is 0 Å². The molecular formula is C8H14OS. The molecule has 1 nitrogen and oxygen atoms in total. The lowest BCUT2D eigenvalue weighted by Gasteiger charge is -2.09. The summed E-state index contributed by atoms with van der Waals surface area (Å²) < 4.78 is 0. The number of hydrogen-bond acceptors (Lipinski definition) is 2. The molecule has 0 rings (SSSR count). The standard InChI is InChI=1S/C8H14OS/c1-7(9)10-6-5-8(2,3)4/h5-6H,1-4H3. The third kappa shape index (κ3) is 7.76. The molecule has 0 saturated carbocycles. The monoisotopic (exact) mass is 158 g/mol. The highest BCUT2D eigenvalue weighted by atomic mass is 32.2. The SMILES string of the molecule is CC(=O)SC=CC(C)(C)C. The second kappa shape index (κ2) is 3.81. The van der Waals surface area contributed by atoms with E-state index in [4.69, 9.17) is 0 Å². The maximum Gasteiger partial charge on any atom is 0.190 e. The van der Waals surface area contributed by atoms with Crippen molar-refractivity contribution in [1.82, 2.24) is 0 Å². The third-order valence-electron chi connectivity index (χ3n) is 0.802. The summed E-state index contributed by atoms with van der Waals surface area (Å²) in [6.07, 6.45) is 2.03. The first kappa shape index (κ1) is 9.76. The van der Waals surface area contributed by atoms with Crippen molar-refractivity contribution >= 4 is 16.9 Å². The van der Waals surface area contributed by atoms with Gasteiger partial charge in [0.25, 0.3) is 0 Å². The van der Waals surface area contributed by atoms with Crippen LogP contribution >= 0.6 is 11.8 Å². The van der Waals surface area contributed by atoms with Gasteiger partial charge in [-0.05, 0) is 10.8 Å². The third-order valence-corrected chi connectivity index (χ3v) is 1.41. The van der Waals surface area contributed by atoms with Gasteiger partial charge in [0.1, 0.15) is 0 Å². The van der Waals surface area contributed by atoms with Crippen molar-refractivity contribution in [1.29, 1.82) is 0 Å². The molecule has 0 bridgehead atoms. The summed E-state index contributed by atoms with van der Waals surface area (Å²) in [6, 6.07) is 0. The van der Waals surface area contributed by atoms with Gasteiger partial charge in [-0.2, -0.15) is 0 Å². The van der Waals surface area contributed by atoms with Gasteiger partial charge in [0, 0.05) is 6.92 Å². The van der Waals surface area contributed by atoms with Crippen molar-refractivity contribution < 1.29 is 4.79 Å². The molecular weight excluding hydrogens is 144 g/mol. The minimum atomic E-state index is 0.139. The summed E-state index contributed by atoms with van der Waals surface area (Å²) in [7, 11) is 0. The van der Waals surface area contributed by atoms with Gasteiger partial charge in [-0.1, -0.05) is 38.6 Å². The average molecular weight is 158 g/mol. The number of carbonyl (C=O) groups is 1. The lowest BCUT2D eigenvalue weighted by Crippen LogP contribution is -1.97. The summed E-state index contributed by atoms with van der Waals surface area (Å²) in [5, 5.41) is 1.99. The average Bonchev–Trinajstić information content (AvgIpc) is 1.59. The van der Waals surface area contributed by atoms with Crippen molar-refractivity contribution in [3.05, 3.63) is 11.5 Å². The van der Waals surface area contributed by atoms with Gasteiger partial charge in [0.05, 0.1) is 0 Å². The van der Waals surface area contributed by atoms with Crippen LogP contribution in [0.2, 0.25) is 0 Å². The minimum absolute atomic E-state index is 0.139. The molecule has 0 amide bonds. The Kier molecular flexibility index (Phi) is 3.72. The van der Waals surface area contributed by atoms with E-state index in [1.807, 2.05) is 11.5 Å². The molecule has 2 heteroatoms. The Morgan fingerprint density at radius 3 is 2.20 bits per heavy atom. The van der Waals surface area contributed by atoms with Crippen LogP contribution in [0.15, 0.2) is 11.5 Å². The number of hydrogen-bond donors (Lipinski definition) is 0. The highest BCUT2D eigenvalue weighted by Crippen LogP contribution is 2.17. The number of allylic oxidation sites excluding steroid dienone is 1. The van der Waals surface area contributed by atoms with Gasteiger partial charge in [-0.15, -0.1) is 0 Å². The number of rotatable bonds is 1. The normalized spacial score (nSPS) is 12.4. The highest BCUT2D eigenvalue weighted by molar-refractivity contribution is 8.16. The number of thioether (sulfide) groups is 1. The molecule has 0 N–H and O–H groups in total. The Hall–Kier alpha value is -0.240. The van der Waals surface area contributed by atoms with Gasteiger partial charge < -0.3 is 0 Å². The Morgan fingerprint density at radius 2 is 1.90 bits per heavy atom. The highest BCUT2D eigenvalue weighted by Gasteiger charge is 2.03. The molecule has 58 valence electrons. The topological polar surface area (TPSA) is 17.1 Å². The Labute approximate surface area is 66.9 Å². The van der Waals surface area contributed by atoms with Crippen LogP contribution in [0.3, 0.4) is 0 Å². The molecule has 0 saturated heterocycles. The predicted molar refractivity (Wildman–Crippen MR) is 46.9 cm³/mol. The van der Waals surface area contributed by atoms with Crippen molar-refractivity contribution in [2.45, 2.75) is 27.7 Å². The van der Waals surface area contributed by atoms with Crippen LogP contribution in [-0.4, -0.2) is 5.12 Å². The smallest absolute Gasteiger partial charge is 0.190 e. The summed E-state index contributed by atoms with van der Waals surface area (Å²) in [6.45, 7) is 7.87. The molecule has 0 aromatic heterocycles. The molecule has 0 fully saturated rings. The van der Waals surface area contributed by atoms with E-state index in [9.17, 15) is 4.79 Å². The van der Waals surface area contributed by atoms with E-state index in [0.29, 0.717) is 0 Å². The van der Waals surface area contributed by atoms with Crippen LogP contribution in [0.4, 0.5) is 0 Å². The van der Waals surface area contributed by atoms with Gasteiger partial charge >= 0.3 is 0 Å². The van der Waals surface area contributed by atoms with E-state index in [2.05, 4.69) is 20.8 Å². The zero-order chi connectivity index (χ0) is 8.20. The first-order valence-corrected chi connectivity index (χ1v) is 4.15. The number of carbonyl (C=O) groups excluding carboxylic acids is 1. The van der Waals surface area contributed by atoms with Crippen molar-refractivity contribution in [2.24, 2.45) is 5.41 Å². The van der Waals surface area contributed by atoms with Crippen LogP contribution in [0.25, 0.3) is 0 Å². The Bertz CT molecular complexity index is 142. The largest absolute Gasteiger partial charge is 0.287 e. The molecule has 0 spiro atoms. The van der Waals surface area contributed by atoms with Gasteiger partial charge in [0.2, 0.25) is 0 Å². The second-order valence-electron chi connectivity index (χ2n) is 3.28. The molecule has 0 unspecified atom stereocenters. The van der Waals surface area contributed by atoms with E-state index in [0.717, 1.165) is 0 Å². The Morgan fingerprint density at radius 1 is 1.40 bits per heavy atom. The molecule has 0 aromatic rings. The Balaban J connectivity index is 3.67. The van der Waals surface area contributed by atoms with E-state index in [1.165, 1.54) is 11.8 Å². The zero-order valence-electron chi connectivity index (χ0n) is 6.97. The van der Waals surface area contributed by atoms with Crippen LogP contribution in [-0.2, 0) is 4.79 Å². The molecule has 0 radical (unpaired) electrons. The summed E-state index contributed by atoms with van der Waals surface area (Å²) >= 11 is 1.24. The fourth-order valence-corrected chi connectivity index (χ4v) is 1.00. The lowest BCUT2D eigenvalue weighted by molar-refractivity contribution is -0.109. The molecule has 0 aliphatic rings. The van der Waals surface area contributed by atoms with Crippen LogP contribution in [0, 0.1) is 5.41 Å². The molecule has 0 heterocycles. The maximum absolute atomic E-state index is 10.4. The fourth-order valence-electron chi connectivity index (χ4n) is 0.334. The summed E-state index contributed by atoms with van der Waals surface area (Å²) in [5.74, 6) is 0. The molecule has 0 aliphatic carbocycles. The van der Waals surface area contributed by atoms with Crippen LogP contribution < -0.4 is 0 Å². The second-order valence-corrected chi connectivity index (χ2v) is 4.36. The quantitative estimate of drug-likeness (QED) is 0.583. The van der Waals surface area contributed by atoms with Gasteiger partial charge in [0.15, 0.2) is 5.12 Å². The van der Waals surface area contributed by atoms with E-state index < -0.39 is 0 Å².